The van der Waals surface area contributed by atoms with Gasteiger partial charge in [-0.15, -0.1) is 0 Å². The minimum Gasteiger partial charge on any atom is -0.338 e. The van der Waals surface area contributed by atoms with E-state index in [4.69, 9.17) is 0 Å². The monoisotopic (exact) mass is 539 g/mol. The molecular formula is C28H31F6N3O. The molecule has 0 bridgehead atoms. The van der Waals surface area contributed by atoms with E-state index in [-0.39, 0.29) is 31.1 Å². The number of carbonyl (C=O) groups excluding carboxylic acids is 1. The lowest BCUT2D eigenvalue weighted by Gasteiger charge is -2.50. The highest BCUT2D eigenvalue weighted by molar-refractivity contribution is 5.95. The summed E-state index contributed by atoms with van der Waals surface area (Å²) in [5, 5.41) is 0. The van der Waals surface area contributed by atoms with Gasteiger partial charge in [0.25, 0.3) is 5.91 Å². The SMILES string of the molecule is CC1CN(C2CC2)CCN1[C@H]1CCN(C(=O)c2cc(C(F)(F)F)cc(C(F)(F)F)c2)C[C@H]1c1ccccc1. The van der Waals surface area contributed by atoms with Crippen LogP contribution in [0.3, 0.4) is 0 Å². The number of hydrogen-bond donors (Lipinski definition) is 0. The molecule has 10 heteroatoms. The van der Waals surface area contributed by atoms with Gasteiger partial charge in [0, 0.05) is 62.3 Å². The first kappa shape index (κ1) is 27.0. The Labute approximate surface area is 218 Å². The summed E-state index contributed by atoms with van der Waals surface area (Å²) in [6.45, 7) is 5.52. The van der Waals surface area contributed by atoms with Gasteiger partial charge in [-0.2, -0.15) is 26.3 Å². The number of likely N-dealkylation sites (tertiary alicyclic amines) is 1. The number of benzene rings is 2. The number of hydrogen-bond acceptors (Lipinski definition) is 3. The van der Waals surface area contributed by atoms with Gasteiger partial charge in [0.1, 0.15) is 0 Å². The van der Waals surface area contributed by atoms with E-state index in [1.165, 1.54) is 17.7 Å². The van der Waals surface area contributed by atoms with Gasteiger partial charge in [-0.05, 0) is 49.9 Å². The summed E-state index contributed by atoms with van der Waals surface area (Å²) in [4.78, 5) is 19.8. The van der Waals surface area contributed by atoms with Crippen molar-refractivity contribution in [2.24, 2.45) is 0 Å². The van der Waals surface area contributed by atoms with Gasteiger partial charge in [-0.3, -0.25) is 14.6 Å². The Morgan fingerprint density at radius 3 is 2.00 bits per heavy atom. The van der Waals surface area contributed by atoms with Gasteiger partial charge < -0.3 is 4.90 Å². The third kappa shape index (κ3) is 5.71. The molecule has 0 aromatic heterocycles. The van der Waals surface area contributed by atoms with Crippen LogP contribution in [0, 0.1) is 0 Å². The van der Waals surface area contributed by atoms with Crippen LogP contribution in [-0.2, 0) is 12.4 Å². The molecule has 2 saturated heterocycles. The number of nitrogens with zero attached hydrogens (tertiary/aromatic N) is 3. The summed E-state index contributed by atoms with van der Waals surface area (Å²) < 4.78 is 80.4. The van der Waals surface area contributed by atoms with Crippen LogP contribution >= 0.6 is 0 Å². The summed E-state index contributed by atoms with van der Waals surface area (Å²) in [7, 11) is 0. The molecule has 0 spiro atoms. The van der Waals surface area contributed by atoms with Crippen LogP contribution in [0.1, 0.15) is 59.2 Å². The molecule has 3 fully saturated rings. The zero-order valence-electron chi connectivity index (χ0n) is 21.1. The highest BCUT2D eigenvalue weighted by Crippen LogP contribution is 2.38. The molecule has 1 unspecified atom stereocenters. The number of piperazine rings is 1. The zero-order chi connectivity index (χ0) is 27.2. The molecule has 1 amide bonds. The smallest absolute Gasteiger partial charge is 0.338 e. The Morgan fingerprint density at radius 1 is 0.816 bits per heavy atom. The third-order valence-electron chi connectivity index (χ3n) is 8.13. The van der Waals surface area contributed by atoms with Crippen LogP contribution in [0.5, 0.6) is 0 Å². The molecule has 5 rings (SSSR count). The van der Waals surface area contributed by atoms with E-state index in [0.717, 1.165) is 25.2 Å². The van der Waals surface area contributed by atoms with Gasteiger partial charge in [0.15, 0.2) is 0 Å². The largest absolute Gasteiger partial charge is 0.416 e. The van der Waals surface area contributed by atoms with E-state index < -0.39 is 35.0 Å². The standard InChI is InChI=1S/C28H31F6N3O/c1-18-16-35(23-7-8-23)11-12-37(18)25-9-10-36(17-24(25)19-5-3-2-4-6-19)26(38)20-13-21(27(29,30)31)15-22(14-20)28(32,33)34/h2-6,13-15,18,23-25H,7-12,16-17H2,1H3/t18?,24-,25-/m0/s1. The molecule has 2 aliphatic heterocycles. The maximum absolute atomic E-state index is 13.4. The summed E-state index contributed by atoms with van der Waals surface area (Å²) in [6.07, 6.45) is -6.94. The summed E-state index contributed by atoms with van der Waals surface area (Å²) in [5.41, 5.74) is -2.55. The Hall–Kier alpha value is -2.59. The lowest BCUT2D eigenvalue weighted by atomic mass is 9.83. The van der Waals surface area contributed by atoms with Crippen molar-refractivity contribution in [1.29, 1.82) is 0 Å². The van der Waals surface area contributed by atoms with Crippen LogP contribution < -0.4 is 0 Å². The maximum Gasteiger partial charge on any atom is 0.416 e. The molecule has 2 heterocycles. The van der Waals surface area contributed by atoms with Gasteiger partial charge in [-0.25, -0.2) is 0 Å². The van der Waals surface area contributed by atoms with Crippen LogP contribution in [0.25, 0.3) is 0 Å². The molecule has 3 atom stereocenters. The lowest BCUT2D eigenvalue weighted by molar-refractivity contribution is -0.143. The Bertz CT molecular complexity index is 1120. The van der Waals surface area contributed by atoms with Crippen LogP contribution in [0.4, 0.5) is 26.3 Å². The van der Waals surface area contributed by atoms with Crippen molar-refractivity contribution in [3.8, 4) is 0 Å². The Balaban J connectivity index is 1.41. The normalized spacial score (nSPS) is 26.0. The van der Waals surface area contributed by atoms with E-state index in [1.807, 2.05) is 30.3 Å². The van der Waals surface area contributed by atoms with Gasteiger partial charge in [0.2, 0.25) is 0 Å². The maximum atomic E-state index is 13.4. The predicted molar refractivity (Wildman–Crippen MR) is 131 cm³/mol. The third-order valence-corrected chi connectivity index (χ3v) is 8.13. The second kappa shape index (κ2) is 10.2. The highest BCUT2D eigenvalue weighted by Gasteiger charge is 2.42. The highest BCUT2D eigenvalue weighted by atomic mass is 19.4. The van der Waals surface area contributed by atoms with Crippen molar-refractivity contribution in [3.63, 3.8) is 0 Å². The van der Waals surface area contributed by atoms with E-state index in [0.29, 0.717) is 30.6 Å². The van der Waals surface area contributed by atoms with Crippen LogP contribution in [0.15, 0.2) is 48.5 Å². The molecule has 2 aromatic carbocycles. The van der Waals surface area contributed by atoms with Crippen molar-refractivity contribution in [2.45, 2.75) is 62.6 Å². The first-order valence-electron chi connectivity index (χ1n) is 13.1. The fourth-order valence-corrected chi connectivity index (χ4v) is 6.07. The van der Waals surface area contributed by atoms with E-state index in [9.17, 15) is 31.1 Å². The molecule has 38 heavy (non-hydrogen) atoms. The average Bonchev–Trinajstić information content (AvgIpc) is 3.73. The predicted octanol–water partition coefficient (Wildman–Crippen LogP) is 5.89. The van der Waals surface area contributed by atoms with E-state index in [2.05, 4.69) is 16.7 Å². The van der Waals surface area contributed by atoms with E-state index >= 15 is 0 Å². The number of halogens is 6. The fraction of sp³-hybridized carbons (Fsp3) is 0.536. The van der Waals surface area contributed by atoms with Crippen molar-refractivity contribution < 1.29 is 31.1 Å². The molecule has 1 aliphatic carbocycles. The second-order valence-electron chi connectivity index (χ2n) is 10.7. The first-order valence-corrected chi connectivity index (χ1v) is 13.1. The number of amides is 1. The summed E-state index contributed by atoms with van der Waals surface area (Å²) >= 11 is 0. The Kier molecular flexibility index (Phi) is 7.24. The van der Waals surface area contributed by atoms with Crippen molar-refractivity contribution >= 4 is 5.91 Å². The minimum atomic E-state index is -5.01. The second-order valence-corrected chi connectivity index (χ2v) is 10.7. The molecule has 1 saturated carbocycles. The molecule has 0 N–H and O–H groups in total. The van der Waals surface area contributed by atoms with E-state index in [1.54, 1.807) is 0 Å². The van der Waals surface area contributed by atoms with Gasteiger partial charge in [0.05, 0.1) is 11.1 Å². The average molecular weight is 540 g/mol. The van der Waals surface area contributed by atoms with Gasteiger partial charge in [-0.1, -0.05) is 30.3 Å². The molecule has 0 radical (unpaired) electrons. The molecule has 206 valence electrons. The molecule has 4 nitrogen and oxygen atoms in total. The fourth-order valence-electron chi connectivity index (χ4n) is 6.07. The van der Waals surface area contributed by atoms with Crippen LogP contribution in [0.2, 0.25) is 0 Å². The van der Waals surface area contributed by atoms with Crippen molar-refractivity contribution in [1.82, 2.24) is 14.7 Å². The summed E-state index contributed by atoms with van der Waals surface area (Å²) in [5.74, 6) is -0.927. The number of rotatable bonds is 4. The number of alkyl halides is 6. The number of piperidine rings is 1. The minimum absolute atomic E-state index is 0.0540. The van der Waals surface area contributed by atoms with Gasteiger partial charge >= 0.3 is 12.4 Å². The quantitative estimate of drug-likeness (QED) is 0.454. The zero-order valence-corrected chi connectivity index (χ0v) is 21.1. The van der Waals surface area contributed by atoms with Crippen molar-refractivity contribution in [2.75, 3.05) is 32.7 Å². The molecule has 2 aromatic rings. The molecule has 3 aliphatic rings. The summed E-state index contributed by atoms with van der Waals surface area (Å²) in [6, 6.07) is 11.9. The lowest BCUT2D eigenvalue weighted by Crippen LogP contribution is -2.60. The number of carbonyl (C=O) groups is 1. The van der Waals surface area contributed by atoms with Crippen LogP contribution in [-0.4, -0.2) is 71.5 Å². The topological polar surface area (TPSA) is 26.8 Å². The van der Waals surface area contributed by atoms with Crippen molar-refractivity contribution in [3.05, 3.63) is 70.8 Å². The Morgan fingerprint density at radius 2 is 1.45 bits per heavy atom. The first-order chi connectivity index (χ1) is 17.9. The molecular weight excluding hydrogens is 508 g/mol.